The van der Waals surface area contributed by atoms with Crippen molar-refractivity contribution in [1.82, 2.24) is 5.32 Å². The third kappa shape index (κ3) is 6.09. The number of amides is 1. The summed E-state index contributed by atoms with van der Waals surface area (Å²) in [6.45, 7) is 0.604. The normalized spacial score (nSPS) is 10.9. The molecule has 0 unspecified atom stereocenters. The predicted octanol–water partition coefficient (Wildman–Crippen LogP) is 4.93. The summed E-state index contributed by atoms with van der Waals surface area (Å²) in [5.74, 6) is -0.517. The fourth-order valence-electron chi connectivity index (χ4n) is 1.96. The summed E-state index contributed by atoms with van der Waals surface area (Å²) in [6, 6.07) is 14.6. The lowest BCUT2D eigenvalue weighted by molar-refractivity contribution is -0.112. The first-order chi connectivity index (χ1) is 12.0. The third-order valence-electron chi connectivity index (χ3n) is 3.26. The SMILES string of the molecule is N#C/C(=C/NCCc1ccc(Br)cc1)C(=O)Nc1ccc(Cl)c(Cl)c1. The number of halogens is 3. The molecule has 1 amide bonds. The van der Waals surface area contributed by atoms with Crippen molar-refractivity contribution in [2.75, 3.05) is 11.9 Å². The molecule has 25 heavy (non-hydrogen) atoms. The number of nitrogens with zero attached hydrogens (tertiary/aromatic N) is 1. The van der Waals surface area contributed by atoms with Crippen molar-refractivity contribution < 1.29 is 4.79 Å². The molecule has 0 radical (unpaired) electrons. The lowest BCUT2D eigenvalue weighted by atomic mass is 10.1. The van der Waals surface area contributed by atoms with E-state index in [9.17, 15) is 4.79 Å². The van der Waals surface area contributed by atoms with Crippen molar-refractivity contribution in [2.45, 2.75) is 6.42 Å². The van der Waals surface area contributed by atoms with E-state index in [1.807, 2.05) is 30.3 Å². The van der Waals surface area contributed by atoms with Gasteiger partial charge in [0.15, 0.2) is 0 Å². The molecular weight excluding hydrogens is 425 g/mol. The summed E-state index contributed by atoms with van der Waals surface area (Å²) in [6.07, 6.45) is 2.18. The van der Waals surface area contributed by atoms with Gasteiger partial charge in [-0.3, -0.25) is 4.79 Å². The Morgan fingerprint density at radius 3 is 2.52 bits per heavy atom. The minimum absolute atomic E-state index is 0.0260. The van der Waals surface area contributed by atoms with E-state index in [0.717, 1.165) is 16.5 Å². The summed E-state index contributed by atoms with van der Waals surface area (Å²) in [4.78, 5) is 12.1. The summed E-state index contributed by atoms with van der Waals surface area (Å²) in [5, 5.41) is 15.5. The molecular formula is C18H14BrCl2N3O. The molecule has 0 saturated carbocycles. The van der Waals surface area contributed by atoms with Crippen LogP contribution in [-0.2, 0) is 11.2 Å². The van der Waals surface area contributed by atoms with E-state index in [4.69, 9.17) is 28.5 Å². The molecule has 0 saturated heterocycles. The van der Waals surface area contributed by atoms with Crippen molar-refractivity contribution in [3.05, 3.63) is 74.3 Å². The van der Waals surface area contributed by atoms with Crippen LogP contribution < -0.4 is 10.6 Å². The predicted molar refractivity (Wildman–Crippen MR) is 105 cm³/mol. The highest BCUT2D eigenvalue weighted by molar-refractivity contribution is 9.10. The number of hydrogen-bond acceptors (Lipinski definition) is 3. The first-order valence-electron chi connectivity index (χ1n) is 7.34. The van der Waals surface area contributed by atoms with Gasteiger partial charge in [0.1, 0.15) is 11.6 Å². The number of carbonyl (C=O) groups is 1. The highest BCUT2D eigenvalue weighted by atomic mass is 79.9. The van der Waals surface area contributed by atoms with Gasteiger partial charge in [0.05, 0.1) is 10.0 Å². The molecule has 0 aliphatic carbocycles. The van der Waals surface area contributed by atoms with Gasteiger partial charge in [0, 0.05) is 22.9 Å². The van der Waals surface area contributed by atoms with Crippen LogP contribution in [0.5, 0.6) is 0 Å². The molecule has 2 aromatic rings. The van der Waals surface area contributed by atoms with Gasteiger partial charge >= 0.3 is 0 Å². The van der Waals surface area contributed by atoms with Crippen LogP contribution in [0.15, 0.2) is 58.7 Å². The molecule has 0 atom stereocenters. The van der Waals surface area contributed by atoms with E-state index in [0.29, 0.717) is 22.3 Å². The van der Waals surface area contributed by atoms with Crippen LogP contribution in [-0.4, -0.2) is 12.5 Å². The Balaban J connectivity index is 1.90. The van der Waals surface area contributed by atoms with Gasteiger partial charge in [-0.1, -0.05) is 51.3 Å². The topological polar surface area (TPSA) is 64.9 Å². The van der Waals surface area contributed by atoms with Crippen LogP contribution in [0, 0.1) is 11.3 Å². The molecule has 2 aromatic carbocycles. The van der Waals surface area contributed by atoms with Gasteiger partial charge in [-0.25, -0.2) is 0 Å². The molecule has 0 aliphatic rings. The van der Waals surface area contributed by atoms with E-state index < -0.39 is 5.91 Å². The van der Waals surface area contributed by atoms with E-state index in [-0.39, 0.29) is 5.57 Å². The number of nitrogens with one attached hydrogen (secondary N) is 2. The molecule has 0 bridgehead atoms. The Morgan fingerprint density at radius 2 is 1.88 bits per heavy atom. The van der Waals surface area contributed by atoms with Crippen LogP contribution in [0.3, 0.4) is 0 Å². The van der Waals surface area contributed by atoms with E-state index >= 15 is 0 Å². The quantitative estimate of drug-likeness (QED) is 0.381. The number of anilines is 1. The highest BCUT2D eigenvalue weighted by Gasteiger charge is 2.10. The minimum atomic E-state index is -0.517. The zero-order valence-electron chi connectivity index (χ0n) is 13.0. The van der Waals surface area contributed by atoms with Crippen molar-refractivity contribution in [3.63, 3.8) is 0 Å². The largest absolute Gasteiger partial charge is 0.389 e. The van der Waals surface area contributed by atoms with Gasteiger partial charge in [-0.15, -0.1) is 0 Å². The molecule has 0 aliphatic heterocycles. The average molecular weight is 439 g/mol. The van der Waals surface area contributed by atoms with Crippen molar-refractivity contribution in [3.8, 4) is 6.07 Å². The van der Waals surface area contributed by atoms with Gasteiger partial charge in [0.2, 0.25) is 0 Å². The number of hydrogen-bond donors (Lipinski definition) is 2. The monoisotopic (exact) mass is 437 g/mol. The van der Waals surface area contributed by atoms with Crippen molar-refractivity contribution in [1.29, 1.82) is 5.26 Å². The minimum Gasteiger partial charge on any atom is -0.389 e. The van der Waals surface area contributed by atoms with Crippen molar-refractivity contribution >= 4 is 50.7 Å². The molecule has 7 heteroatoms. The van der Waals surface area contributed by atoms with Crippen LogP contribution in [0.25, 0.3) is 0 Å². The number of rotatable bonds is 6. The second-order valence-electron chi connectivity index (χ2n) is 5.08. The Hall–Kier alpha value is -2.00. The summed E-state index contributed by atoms with van der Waals surface area (Å²) < 4.78 is 1.02. The average Bonchev–Trinajstić information content (AvgIpc) is 2.59. The van der Waals surface area contributed by atoms with Crippen LogP contribution in [0.2, 0.25) is 10.0 Å². The van der Waals surface area contributed by atoms with Crippen LogP contribution in [0.1, 0.15) is 5.56 Å². The lowest BCUT2D eigenvalue weighted by Crippen LogP contribution is -2.18. The first-order valence-corrected chi connectivity index (χ1v) is 8.89. The van der Waals surface area contributed by atoms with E-state index in [1.54, 1.807) is 12.1 Å². The van der Waals surface area contributed by atoms with Gasteiger partial charge in [-0.2, -0.15) is 5.26 Å². The highest BCUT2D eigenvalue weighted by Crippen LogP contribution is 2.25. The molecule has 4 nitrogen and oxygen atoms in total. The maximum Gasteiger partial charge on any atom is 0.267 e. The first kappa shape index (κ1) is 19.3. The number of nitriles is 1. The summed E-state index contributed by atoms with van der Waals surface area (Å²) in [5.41, 5.74) is 1.60. The molecule has 0 aromatic heterocycles. The summed E-state index contributed by atoms with van der Waals surface area (Å²) >= 11 is 15.1. The second kappa shape index (κ2) is 9.47. The Kier molecular flexibility index (Phi) is 7.32. The number of benzene rings is 2. The fourth-order valence-corrected chi connectivity index (χ4v) is 2.53. The van der Waals surface area contributed by atoms with Crippen LogP contribution >= 0.6 is 39.1 Å². The fraction of sp³-hybridized carbons (Fsp3) is 0.111. The molecule has 128 valence electrons. The molecule has 0 fully saturated rings. The third-order valence-corrected chi connectivity index (χ3v) is 4.53. The zero-order valence-corrected chi connectivity index (χ0v) is 16.1. The Labute approximate surface area is 164 Å². The molecule has 2 N–H and O–H groups in total. The molecule has 0 spiro atoms. The Bertz CT molecular complexity index is 829. The van der Waals surface area contributed by atoms with Crippen LogP contribution in [0.4, 0.5) is 5.69 Å². The molecule has 0 heterocycles. The standard InChI is InChI=1S/C18H14BrCl2N3O/c19-14-3-1-12(2-4-14)7-8-23-11-13(10-22)18(25)24-15-5-6-16(20)17(21)9-15/h1-6,9,11,23H,7-8H2,(H,24,25)/b13-11-. The lowest BCUT2D eigenvalue weighted by Gasteiger charge is -2.06. The maximum absolute atomic E-state index is 12.1. The van der Waals surface area contributed by atoms with E-state index in [2.05, 4.69) is 26.6 Å². The molecule has 2 rings (SSSR count). The van der Waals surface area contributed by atoms with Gasteiger partial charge < -0.3 is 10.6 Å². The maximum atomic E-state index is 12.1. The second-order valence-corrected chi connectivity index (χ2v) is 6.81. The van der Waals surface area contributed by atoms with Crippen molar-refractivity contribution in [2.24, 2.45) is 0 Å². The Morgan fingerprint density at radius 1 is 1.16 bits per heavy atom. The summed E-state index contributed by atoms with van der Waals surface area (Å²) in [7, 11) is 0. The van der Waals surface area contributed by atoms with E-state index in [1.165, 1.54) is 12.3 Å². The zero-order chi connectivity index (χ0) is 18.2. The van der Waals surface area contributed by atoms with Gasteiger partial charge in [0.25, 0.3) is 5.91 Å². The smallest absolute Gasteiger partial charge is 0.267 e. The number of carbonyl (C=O) groups excluding carboxylic acids is 1. The van der Waals surface area contributed by atoms with Gasteiger partial charge in [-0.05, 0) is 42.3 Å².